The van der Waals surface area contributed by atoms with Crippen LogP contribution in [0.4, 0.5) is 5.82 Å². The first kappa shape index (κ1) is 22.9. The summed E-state index contributed by atoms with van der Waals surface area (Å²) >= 11 is 5.76. The molecule has 2 heterocycles. The fraction of sp³-hybridized carbons (Fsp3) is 0.533. The number of anilines is 1. The van der Waals surface area contributed by atoms with Gasteiger partial charge < -0.3 is 16.0 Å². The number of likely N-dealkylation sites (tertiary alicyclic amines) is 1. The van der Waals surface area contributed by atoms with Gasteiger partial charge in [0, 0.05) is 37.7 Å². The van der Waals surface area contributed by atoms with Crippen LogP contribution in [0, 0.1) is 5.92 Å². The monoisotopic (exact) mass is 396 g/mol. The Kier molecular flexibility index (Phi) is 10.2. The molecule has 1 saturated heterocycles. The second kappa shape index (κ2) is 10.7. The zero-order valence-electron chi connectivity index (χ0n) is 13.4. The summed E-state index contributed by atoms with van der Waals surface area (Å²) in [6, 6.07) is 3.21. The quantitative estimate of drug-likeness (QED) is 0.817. The summed E-state index contributed by atoms with van der Waals surface area (Å²) in [7, 11) is 0. The van der Waals surface area contributed by atoms with Crippen LogP contribution in [0.3, 0.4) is 0 Å². The lowest BCUT2D eigenvalue weighted by molar-refractivity contribution is -0.134. The lowest BCUT2D eigenvalue weighted by Gasteiger charge is -2.31. The molecular formula is C15H23Cl3N4O2. The highest BCUT2D eigenvalue weighted by molar-refractivity contribution is 6.30. The van der Waals surface area contributed by atoms with E-state index in [1.807, 2.05) is 6.92 Å². The molecular weight excluding hydrogens is 375 g/mol. The number of nitrogens with zero attached hydrogens (tertiary/aromatic N) is 2. The normalized spacial score (nSPS) is 15.7. The molecule has 0 spiro atoms. The van der Waals surface area contributed by atoms with Crippen LogP contribution < -0.4 is 11.1 Å². The molecule has 0 aromatic carbocycles. The van der Waals surface area contributed by atoms with E-state index in [2.05, 4.69) is 10.3 Å². The van der Waals surface area contributed by atoms with Gasteiger partial charge in [0.15, 0.2) is 0 Å². The minimum Gasteiger partial charge on any atom is -0.343 e. The molecule has 24 heavy (non-hydrogen) atoms. The molecule has 9 heteroatoms. The predicted octanol–water partition coefficient (Wildman–Crippen LogP) is 2.49. The van der Waals surface area contributed by atoms with Crippen LogP contribution in [0.2, 0.25) is 5.02 Å². The number of piperidine rings is 1. The fourth-order valence-corrected chi connectivity index (χ4v) is 2.59. The van der Waals surface area contributed by atoms with Crippen molar-refractivity contribution in [2.24, 2.45) is 11.7 Å². The zero-order chi connectivity index (χ0) is 16.1. The van der Waals surface area contributed by atoms with Crippen LogP contribution in [-0.2, 0) is 9.59 Å². The average molecular weight is 398 g/mol. The van der Waals surface area contributed by atoms with Crippen molar-refractivity contribution in [1.29, 1.82) is 0 Å². The number of carbonyl (C=O) groups is 2. The first-order valence-electron chi connectivity index (χ1n) is 7.41. The molecule has 2 amide bonds. The SMILES string of the molecule is CC(N)CC(=O)N1CCC(C(=O)Nc2ccc(Cl)cn2)CC1.Cl.Cl. The molecule has 0 saturated carbocycles. The predicted molar refractivity (Wildman–Crippen MR) is 99.9 cm³/mol. The van der Waals surface area contributed by atoms with Crippen LogP contribution in [0.5, 0.6) is 0 Å². The van der Waals surface area contributed by atoms with Crippen LogP contribution in [-0.4, -0.2) is 40.8 Å². The topological polar surface area (TPSA) is 88.3 Å². The number of aromatic nitrogens is 1. The Hall–Kier alpha value is -1.08. The third kappa shape index (κ3) is 6.81. The molecule has 1 aliphatic heterocycles. The molecule has 0 radical (unpaired) electrons. The van der Waals surface area contributed by atoms with E-state index in [1.54, 1.807) is 17.0 Å². The average Bonchev–Trinajstić information content (AvgIpc) is 2.49. The molecule has 0 bridgehead atoms. The summed E-state index contributed by atoms with van der Waals surface area (Å²) in [5, 5.41) is 3.31. The highest BCUT2D eigenvalue weighted by Gasteiger charge is 2.27. The molecule has 1 unspecified atom stereocenters. The van der Waals surface area contributed by atoms with Crippen molar-refractivity contribution in [2.75, 3.05) is 18.4 Å². The standard InChI is InChI=1S/C15H21ClN4O2.2ClH/c1-10(17)8-14(21)20-6-4-11(5-7-20)15(22)19-13-3-2-12(16)9-18-13;;/h2-3,9-11H,4-8,17H2,1H3,(H,18,19,22);2*1H. The third-order valence-corrected chi connectivity index (χ3v) is 3.92. The van der Waals surface area contributed by atoms with Gasteiger partial charge in [-0.1, -0.05) is 11.6 Å². The van der Waals surface area contributed by atoms with Crippen LogP contribution in [0.15, 0.2) is 18.3 Å². The molecule has 3 N–H and O–H groups in total. The Morgan fingerprint density at radius 2 is 2.00 bits per heavy atom. The van der Waals surface area contributed by atoms with Gasteiger partial charge in [-0.25, -0.2) is 4.98 Å². The highest BCUT2D eigenvalue weighted by atomic mass is 35.5. The van der Waals surface area contributed by atoms with Crippen molar-refractivity contribution in [3.05, 3.63) is 23.4 Å². The first-order chi connectivity index (χ1) is 10.5. The molecule has 1 aliphatic rings. The Morgan fingerprint density at radius 1 is 1.38 bits per heavy atom. The second-order valence-electron chi connectivity index (χ2n) is 5.69. The van der Waals surface area contributed by atoms with Gasteiger partial charge in [-0.15, -0.1) is 24.8 Å². The number of hydrogen-bond donors (Lipinski definition) is 2. The third-order valence-electron chi connectivity index (χ3n) is 3.69. The summed E-state index contributed by atoms with van der Waals surface area (Å²) in [5.41, 5.74) is 5.64. The van der Waals surface area contributed by atoms with E-state index < -0.39 is 0 Å². The molecule has 1 aromatic heterocycles. The van der Waals surface area contributed by atoms with E-state index in [4.69, 9.17) is 17.3 Å². The van der Waals surface area contributed by atoms with Gasteiger partial charge in [0.05, 0.1) is 5.02 Å². The van der Waals surface area contributed by atoms with E-state index in [0.717, 1.165) is 0 Å². The van der Waals surface area contributed by atoms with Gasteiger partial charge in [0.2, 0.25) is 11.8 Å². The molecule has 136 valence electrons. The largest absolute Gasteiger partial charge is 0.343 e. The van der Waals surface area contributed by atoms with Crippen molar-refractivity contribution in [3.8, 4) is 0 Å². The summed E-state index contributed by atoms with van der Waals surface area (Å²) < 4.78 is 0. The van der Waals surface area contributed by atoms with Crippen LogP contribution in [0.25, 0.3) is 0 Å². The van der Waals surface area contributed by atoms with Gasteiger partial charge >= 0.3 is 0 Å². The molecule has 0 aliphatic carbocycles. The first-order valence-corrected chi connectivity index (χ1v) is 7.79. The minimum absolute atomic E-state index is 0. The minimum atomic E-state index is -0.135. The maximum absolute atomic E-state index is 12.2. The van der Waals surface area contributed by atoms with Crippen molar-refractivity contribution in [1.82, 2.24) is 9.88 Å². The van der Waals surface area contributed by atoms with Gasteiger partial charge in [-0.05, 0) is 31.9 Å². The van der Waals surface area contributed by atoms with Crippen molar-refractivity contribution in [2.45, 2.75) is 32.2 Å². The van der Waals surface area contributed by atoms with Gasteiger partial charge in [-0.2, -0.15) is 0 Å². The molecule has 2 rings (SSSR count). The van der Waals surface area contributed by atoms with Crippen molar-refractivity contribution < 1.29 is 9.59 Å². The Morgan fingerprint density at radius 3 is 2.50 bits per heavy atom. The summed E-state index contributed by atoms with van der Waals surface area (Å²) in [4.78, 5) is 30.0. The van der Waals surface area contributed by atoms with E-state index >= 15 is 0 Å². The van der Waals surface area contributed by atoms with Gasteiger partial charge in [0.25, 0.3) is 0 Å². The Labute approximate surface area is 159 Å². The van der Waals surface area contributed by atoms with Gasteiger partial charge in [-0.3, -0.25) is 9.59 Å². The molecule has 1 fully saturated rings. The maximum Gasteiger partial charge on any atom is 0.228 e. The Bertz CT molecular complexity index is 532. The second-order valence-corrected chi connectivity index (χ2v) is 6.12. The number of pyridine rings is 1. The zero-order valence-corrected chi connectivity index (χ0v) is 15.8. The highest BCUT2D eigenvalue weighted by Crippen LogP contribution is 2.20. The van der Waals surface area contributed by atoms with E-state index in [1.165, 1.54) is 6.20 Å². The molecule has 1 atom stereocenters. The lowest BCUT2D eigenvalue weighted by Crippen LogP contribution is -2.42. The summed E-state index contributed by atoms with van der Waals surface area (Å²) in [6.07, 6.45) is 3.16. The molecule has 1 aromatic rings. The number of nitrogens with one attached hydrogen (secondary N) is 1. The number of rotatable bonds is 4. The fourth-order valence-electron chi connectivity index (χ4n) is 2.47. The number of nitrogens with two attached hydrogens (primary N) is 1. The lowest BCUT2D eigenvalue weighted by atomic mass is 9.95. The van der Waals surface area contributed by atoms with Crippen molar-refractivity contribution in [3.63, 3.8) is 0 Å². The number of carbonyl (C=O) groups excluding carboxylic acids is 2. The molecule has 6 nitrogen and oxygen atoms in total. The van der Waals surface area contributed by atoms with E-state index in [0.29, 0.717) is 43.2 Å². The Balaban J connectivity index is 0.00000264. The van der Waals surface area contributed by atoms with Crippen molar-refractivity contribution >= 4 is 54.0 Å². The maximum atomic E-state index is 12.2. The van der Waals surface area contributed by atoms with Crippen LogP contribution >= 0.6 is 36.4 Å². The number of amides is 2. The van der Waals surface area contributed by atoms with E-state index in [-0.39, 0.29) is 48.6 Å². The van der Waals surface area contributed by atoms with Gasteiger partial charge in [0.1, 0.15) is 5.82 Å². The van der Waals surface area contributed by atoms with Crippen LogP contribution in [0.1, 0.15) is 26.2 Å². The smallest absolute Gasteiger partial charge is 0.228 e. The number of hydrogen-bond acceptors (Lipinski definition) is 4. The van der Waals surface area contributed by atoms with E-state index in [9.17, 15) is 9.59 Å². The summed E-state index contributed by atoms with van der Waals surface area (Å²) in [6.45, 7) is 3.01. The summed E-state index contributed by atoms with van der Waals surface area (Å²) in [5.74, 6) is 0.393. The number of halogens is 3.